The number of carbonyl (C=O) groups excluding carboxylic acids is 1. The summed E-state index contributed by atoms with van der Waals surface area (Å²) >= 11 is 0. The maximum atomic E-state index is 12.8. The number of ether oxygens (including phenoxy) is 2. The molecule has 0 aromatic carbocycles. The van der Waals surface area contributed by atoms with Crippen molar-refractivity contribution in [2.75, 3.05) is 6.61 Å². The Morgan fingerprint density at radius 1 is 1.41 bits per heavy atom. The van der Waals surface area contributed by atoms with Crippen molar-refractivity contribution in [2.45, 2.75) is 13.3 Å². The van der Waals surface area contributed by atoms with E-state index in [1.54, 1.807) is 0 Å². The fourth-order valence-electron chi connectivity index (χ4n) is 0.976. The topological polar surface area (TPSA) is 48.4 Å². The van der Waals surface area contributed by atoms with Crippen LogP contribution in [-0.4, -0.2) is 23.9 Å². The number of aromatic nitrogens is 1. The summed E-state index contributed by atoms with van der Waals surface area (Å²) in [5.41, 5.74) is -0.404. The summed E-state index contributed by atoms with van der Waals surface area (Å²) in [5.74, 6) is -3.28. The van der Waals surface area contributed by atoms with E-state index < -0.39 is 29.7 Å². The van der Waals surface area contributed by atoms with Crippen molar-refractivity contribution in [3.63, 3.8) is 0 Å². The molecule has 1 aromatic heterocycles. The van der Waals surface area contributed by atoms with Crippen LogP contribution in [0, 0.1) is 5.95 Å². The van der Waals surface area contributed by atoms with Crippen LogP contribution in [0.2, 0.25) is 0 Å². The Morgan fingerprint density at radius 3 is 2.59 bits per heavy atom. The van der Waals surface area contributed by atoms with Crippen LogP contribution in [0.15, 0.2) is 12.1 Å². The average molecular weight is 253 g/mol. The second-order valence-corrected chi connectivity index (χ2v) is 2.79. The molecule has 4 nitrogen and oxygen atoms in total. The molecule has 1 aromatic rings. The van der Waals surface area contributed by atoms with Crippen molar-refractivity contribution < 1.29 is 31.8 Å². The van der Waals surface area contributed by atoms with E-state index in [0.29, 0.717) is 12.1 Å². The third-order valence-electron chi connectivity index (χ3n) is 1.50. The monoisotopic (exact) mass is 253 g/mol. The summed E-state index contributed by atoms with van der Waals surface area (Å²) < 4.78 is 56.3. The number of carbonyl (C=O) groups is 1. The van der Waals surface area contributed by atoms with Gasteiger partial charge in [-0.25, -0.2) is 4.79 Å². The summed E-state index contributed by atoms with van der Waals surface area (Å²) in [6.07, 6.45) is -5.01. The summed E-state index contributed by atoms with van der Waals surface area (Å²) in [4.78, 5) is 14.0. The second-order valence-electron chi connectivity index (χ2n) is 2.79. The standard InChI is InChI=1S/C9H7F4NO3/c1-2-16-8(15)5-3-6(10)14-7(4-5)17-9(11,12)13/h3-4H,2H2,1H3. The SMILES string of the molecule is CCOC(=O)c1cc(F)nc(OC(F)(F)F)c1. The van der Waals surface area contributed by atoms with Gasteiger partial charge in [0.05, 0.1) is 12.2 Å². The van der Waals surface area contributed by atoms with Crippen molar-refractivity contribution in [2.24, 2.45) is 0 Å². The predicted octanol–water partition coefficient (Wildman–Crippen LogP) is 2.30. The van der Waals surface area contributed by atoms with Crippen LogP contribution in [0.1, 0.15) is 17.3 Å². The normalized spacial score (nSPS) is 11.1. The van der Waals surface area contributed by atoms with Gasteiger partial charge in [0, 0.05) is 12.1 Å². The summed E-state index contributed by atoms with van der Waals surface area (Å²) in [6.45, 7) is 1.51. The molecule has 0 fully saturated rings. The van der Waals surface area contributed by atoms with Crippen LogP contribution in [-0.2, 0) is 4.74 Å². The molecule has 17 heavy (non-hydrogen) atoms. The molecular weight excluding hydrogens is 246 g/mol. The van der Waals surface area contributed by atoms with Gasteiger partial charge in [0.2, 0.25) is 11.8 Å². The predicted molar refractivity (Wildman–Crippen MR) is 46.8 cm³/mol. The molecule has 94 valence electrons. The minimum absolute atomic E-state index is 0.0121. The lowest BCUT2D eigenvalue weighted by Crippen LogP contribution is -2.18. The maximum Gasteiger partial charge on any atom is 0.574 e. The van der Waals surface area contributed by atoms with Gasteiger partial charge < -0.3 is 9.47 Å². The number of hydrogen-bond acceptors (Lipinski definition) is 4. The molecule has 0 N–H and O–H groups in total. The molecule has 0 atom stereocenters. The second kappa shape index (κ2) is 4.98. The molecule has 0 radical (unpaired) electrons. The maximum absolute atomic E-state index is 12.8. The first-order chi connectivity index (χ1) is 7.81. The van der Waals surface area contributed by atoms with E-state index >= 15 is 0 Å². The van der Waals surface area contributed by atoms with Gasteiger partial charge in [-0.05, 0) is 6.92 Å². The van der Waals surface area contributed by atoms with Crippen LogP contribution in [0.4, 0.5) is 17.6 Å². The van der Waals surface area contributed by atoms with Gasteiger partial charge in [-0.3, -0.25) is 0 Å². The van der Waals surface area contributed by atoms with E-state index in [2.05, 4.69) is 14.5 Å². The molecule has 0 saturated heterocycles. The molecule has 0 aliphatic heterocycles. The summed E-state index contributed by atoms with van der Waals surface area (Å²) in [5, 5.41) is 0. The number of pyridine rings is 1. The molecule has 0 amide bonds. The minimum Gasteiger partial charge on any atom is -0.462 e. The van der Waals surface area contributed by atoms with Crippen LogP contribution in [0.5, 0.6) is 5.88 Å². The van der Waals surface area contributed by atoms with Gasteiger partial charge in [-0.15, -0.1) is 13.2 Å². The molecule has 8 heteroatoms. The first-order valence-electron chi connectivity index (χ1n) is 4.42. The quantitative estimate of drug-likeness (QED) is 0.471. The lowest BCUT2D eigenvalue weighted by Gasteiger charge is -2.08. The Hall–Kier alpha value is -1.86. The lowest BCUT2D eigenvalue weighted by molar-refractivity contribution is -0.276. The van der Waals surface area contributed by atoms with Crippen molar-refractivity contribution >= 4 is 5.97 Å². The van der Waals surface area contributed by atoms with Crippen molar-refractivity contribution in [3.8, 4) is 5.88 Å². The van der Waals surface area contributed by atoms with Crippen molar-refractivity contribution in [1.29, 1.82) is 0 Å². The van der Waals surface area contributed by atoms with Crippen molar-refractivity contribution in [3.05, 3.63) is 23.6 Å². The highest BCUT2D eigenvalue weighted by molar-refractivity contribution is 5.89. The highest BCUT2D eigenvalue weighted by Gasteiger charge is 2.32. The molecular formula is C9H7F4NO3. The fraction of sp³-hybridized carbons (Fsp3) is 0.333. The largest absolute Gasteiger partial charge is 0.574 e. The zero-order chi connectivity index (χ0) is 13.1. The number of esters is 1. The number of halogens is 4. The molecule has 0 aliphatic rings. The van der Waals surface area contributed by atoms with E-state index in [0.717, 1.165) is 0 Å². The number of alkyl halides is 3. The number of nitrogens with zero attached hydrogens (tertiary/aromatic N) is 1. The van der Waals surface area contributed by atoms with E-state index in [1.165, 1.54) is 6.92 Å². The molecule has 0 bridgehead atoms. The van der Waals surface area contributed by atoms with Gasteiger partial charge in [0.25, 0.3) is 0 Å². The van der Waals surface area contributed by atoms with Crippen LogP contribution in [0.3, 0.4) is 0 Å². The zero-order valence-corrected chi connectivity index (χ0v) is 8.55. The minimum atomic E-state index is -5.01. The van der Waals surface area contributed by atoms with E-state index in [-0.39, 0.29) is 6.61 Å². The van der Waals surface area contributed by atoms with Gasteiger partial charge in [0.15, 0.2) is 0 Å². The highest BCUT2D eigenvalue weighted by Crippen LogP contribution is 2.22. The molecule has 1 heterocycles. The third kappa shape index (κ3) is 4.25. The van der Waals surface area contributed by atoms with Gasteiger partial charge >= 0.3 is 12.3 Å². The average Bonchev–Trinajstić information content (AvgIpc) is 2.14. The molecule has 0 spiro atoms. The number of rotatable bonds is 3. The zero-order valence-electron chi connectivity index (χ0n) is 8.55. The highest BCUT2D eigenvalue weighted by atomic mass is 19.4. The first kappa shape index (κ1) is 13.2. The van der Waals surface area contributed by atoms with E-state index in [1.807, 2.05) is 0 Å². The molecule has 0 saturated carbocycles. The molecule has 0 aliphatic carbocycles. The first-order valence-corrected chi connectivity index (χ1v) is 4.42. The molecule has 0 unspecified atom stereocenters. The van der Waals surface area contributed by atoms with Crippen LogP contribution < -0.4 is 4.74 Å². The summed E-state index contributed by atoms with van der Waals surface area (Å²) in [6, 6.07) is 1.30. The van der Waals surface area contributed by atoms with Gasteiger partial charge in [0.1, 0.15) is 0 Å². The van der Waals surface area contributed by atoms with Gasteiger partial charge in [-0.2, -0.15) is 9.37 Å². The smallest absolute Gasteiger partial charge is 0.462 e. The van der Waals surface area contributed by atoms with Crippen LogP contribution in [0.25, 0.3) is 0 Å². The van der Waals surface area contributed by atoms with Gasteiger partial charge in [-0.1, -0.05) is 0 Å². The Morgan fingerprint density at radius 2 is 2.06 bits per heavy atom. The third-order valence-corrected chi connectivity index (χ3v) is 1.50. The Balaban J connectivity index is 2.98. The fourth-order valence-corrected chi connectivity index (χ4v) is 0.976. The number of hydrogen-bond donors (Lipinski definition) is 0. The Kier molecular flexibility index (Phi) is 3.87. The van der Waals surface area contributed by atoms with Crippen molar-refractivity contribution in [1.82, 2.24) is 4.98 Å². The van der Waals surface area contributed by atoms with E-state index in [4.69, 9.17) is 0 Å². The molecule has 1 rings (SSSR count). The van der Waals surface area contributed by atoms with Crippen LogP contribution >= 0.6 is 0 Å². The Labute approximate surface area is 93.2 Å². The lowest BCUT2D eigenvalue weighted by atomic mass is 10.2. The van der Waals surface area contributed by atoms with E-state index in [9.17, 15) is 22.4 Å². The Bertz CT molecular complexity index is 419. The summed E-state index contributed by atoms with van der Waals surface area (Å²) in [7, 11) is 0.